The number of ether oxygens (including phenoxy) is 1. The maximum absolute atomic E-state index is 11.9. The van der Waals surface area contributed by atoms with Crippen LogP contribution in [0.25, 0.3) is 17.4 Å². The molecule has 0 amide bonds. The molecule has 5 heteroatoms. The molecule has 0 atom stereocenters. The lowest BCUT2D eigenvalue weighted by atomic mass is 10.1. The van der Waals surface area contributed by atoms with Gasteiger partial charge in [0.1, 0.15) is 11.5 Å². The number of esters is 1. The summed E-state index contributed by atoms with van der Waals surface area (Å²) in [7, 11) is 0. The lowest BCUT2D eigenvalue weighted by molar-refractivity contribution is 0.0526. The van der Waals surface area contributed by atoms with E-state index in [-0.39, 0.29) is 11.8 Å². The monoisotopic (exact) mass is 352 g/mol. The Morgan fingerprint density at radius 2 is 1.92 bits per heavy atom. The fourth-order valence-corrected chi connectivity index (χ4v) is 2.89. The third-order valence-electron chi connectivity index (χ3n) is 3.47. The summed E-state index contributed by atoms with van der Waals surface area (Å²) < 4.78 is 10.7. The Labute approximate surface area is 149 Å². The minimum atomic E-state index is -0.343. The van der Waals surface area contributed by atoms with Crippen LogP contribution in [0.15, 0.2) is 64.4 Å². The Morgan fingerprint density at radius 1 is 1.12 bits per heavy atom. The van der Waals surface area contributed by atoms with Crippen molar-refractivity contribution in [1.82, 2.24) is 0 Å². The van der Waals surface area contributed by atoms with Crippen molar-refractivity contribution in [2.45, 2.75) is 6.92 Å². The molecule has 0 bridgehead atoms. The molecule has 2 aromatic heterocycles. The number of hydrogen-bond acceptors (Lipinski definition) is 5. The van der Waals surface area contributed by atoms with Crippen LogP contribution in [0.4, 0.5) is 0 Å². The summed E-state index contributed by atoms with van der Waals surface area (Å²) in [6, 6.07) is 14.3. The molecule has 3 rings (SSSR count). The van der Waals surface area contributed by atoms with E-state index in [9.17, 15) is 9.59 Å². The van der Waals surface area contributed by atoms with E-state index in [1.165, 1.54) is 17.4 Å². The van der Waals surface area contributed by atoms with Gasteiger partial charge in [0, 0.05) is 5.56 Å². The van der Waals surface area contributed by atoms with E-state index < -0.39 is 0 Å². The van der Waals surface area contributed by atoms with Crippen LogP contribution in [0.3, 0.4) is 0 Å². The number of hydrogen-bond donors (Lipinski definition) is 0. The average Bonchev–Trinajstić information content (AvgIpc) is 3.32. The number of benzene rings is 1. The highest BCUT2D eigenvalue weighted by molar-refractivity contribution is 7.12. The van der Waals surface area contributed by atoms with E-state index in [4.69, 9.17) is 9.15 Å². The molecule has 3 aromatic rings. The number of thiophene rings is 1. The van der Waals surface area contributed by atoms with Crippen LogP contribution in [-0.2, 0) is 4.74 Å². The molecule has 0 radical (unpaired) electrons. The Balaban J connectivity index is 1.71. The van der Waals surface area contributed by atoms with Crippen molar-refractivity contribution < 1.29 is 18.7 Å². The van der Waals surface area contributed by atoms with Gasteiger partial charge in [-0.15, -0.1) is 11.3 Å². The fraction of sp³-hybridized carbons (Fsp3) is 0.100. The topological polar surface area (TPSA) is 56.5 Å². The lowest BCUT2D eigenvalue weighted by Crippen LogP contribution is -2.03. The van der Waals surface area contributed by atoms with E-state index >= 15 is 0 Å². The molecule has 0 spiro atoms. The number of ketones is 1. The molecule has 1 aromatic carbocycles. The first kappa shape index (κ1) is 16.9. The molecule has 0 saturated carbocycles. The second kappa shape index (κ2) is 7.77. The third kappa shape index (κ3) is 4.14. The second-order valence-electron chi connectivity index (χ2n) is 5.17. The van der Waals surface area contributed by atoms with Gasteiger partial charge in [-0.25, -0.2) is 4.79 Å². The summed E-state index contributed by atoms with van der Waals surface area (Å²) in [5.41, 5.74) is 1.34. The normalized spacial score (nSPS) is 10.9. The van der Waals surface area contributed by atoms with Crippen molar-refractivity contribution in [1.29, 1.82) is 0 Å². The summed E-state index contributed by atoms with van der Waals surface area (Å²) >= 11 is 1.41. The molecular formula is C20H16O4S. The first-order valence-electron chi connectivity index (χ1n) is 7.80. The first-order chi connectivity index (χ1) is 12.2. The summed E-state index contributed by atoms with van der Waals surface area (Å²) in [4.78, 5) is 24.3. The minimum absolute atomic E-state index is 0.0493. The largest absolute Gasteiger partial charge is 0.462 e. The van der Waals surface area contributed by atoms with Crippen LogP contribution in [0.1, 0.15) is 32.7 Å². The standard InChI is InChI=1S/C20H16O4S/c1-2-23-20(22)15-7-5-14(6-8-15)18-12-10-16(24-18)9-11-17(21)19-4-3-13-25-19/h3-13H,2H2,1H3. The number of allylic oxidation sites excluding steroid dienone is 1. The zero-order valence-corrected chi connectivity index (χ0v) is 14.4. The summed E-state index contributed by atoms with van der Waals surface area (Å²) in [5, 5.41) is 1.87. The third-order valence-corrected chi connectivity index (χ3v) is 4.35. The van der Waals surface area contributed by atoms with Gasteiger partial charge in [-0.3, -0.25) is 4.79 Å². The second-order valence-corrected chi connectivity index (χ2v) is 6.12. The van der Waals surface area contributed by atoms with E-state index in [0.717, 1.165) is 5.56 Å². The van der Waals surface area contributed by atoms with Gasteiger partial charge in [0.2, 0.25) is 0 Å². The van der Waals surface area contributed by atoms with Gasteiger partial charge in [0.05, 0.1) is 17.0 Å². The maximum atomic E-state index is 11.9. The number of rotatable bonds is 6. The molecule has 0 aliphatic rings. The number of furan rings is 1. The predicted molar refractivity (Wildman–Crippen MR) is 97.8 cm³/mol. The van der Waals surface area contributed by atoms with Gasteiger partial charge >= 0.3 is 5.97 Å². The van der Waals surface area contributed by atoms with Crippen LogP contribution >= 0.6 is 11.3 Å². The molecule has 0 unspecified atom stereocenters. The van der Waals surface area contributed by atoms with Crippen LogP contribution in [0, 0.1) is 0 Å². The van der Waals surface area contributed by atoms with Crippen LogP contribution in [-0.4, -0.2) is 18.4 Å². The van der Waals surface area contributed by atoms with Crippen molar-refractivity contribution in [3.63, 3.8) is 0 Å². The summed E-state index contributed by atoms with van der Waals surface area (Å²) in [6.45, 7) is 2.12. The summed E-state index contributed by atoms with van der Waals surface area (Å²) in [5.74, 6) is 0.865. The highest BCUT2D eigenvalue weighted by Crippen LogP contribution is 2.23. The van der Waals surface area contributed by atoms with E-state index in [1.807, 2.05) is 17.5 Å². The van der Waals surface area contributed by atoms with Crippen molar-refractivity contribution in [2.75, 3.05) is 6.61 Å². The first-order valence-corrected chi connectivity index (χ1v) is 8.68. The van der Waals surface area contributed by atoms with Gasteiger partial charge in [-0.05, 0) is 54.8 Å². The Hall–Kier alpha value is -2.92. The van der Waals surface area contributed by atoms with E-state index in [1.54, 1.807) is 49.4 Å². The fourth-order valence-electron chi connectivity index (χ4n) is 2.24. The molecule has 0 fully saturated rings. The summed E-state index contributed by atoms with van der Waals surface area (Å²) in [6.07, 6.45) is 3.15. The maximum Gasteiger partial charge on any atom is 0.338 e. The van der Waals surface area contributed by atoms with E-state index in [0.29, 0.717) is 28.6 Å². The SMILES string of the molecule is CCOC(=O)c1ccc(-c2ccc(C=CC(=O)c3cccs3)o2)cc1. The molecule has 0 N–H and O–H groups in total. The molecule has 4 nitrogen and oxygen atoms in total. The predicted octanol–water partition coefficient (Wildman–Crippen LogP) is 5.08. The Bertz CT molecular complexity index is 886. The minimum Gasteiger partial charge on any atom is -0.462 e. The van der Waals surface area contributed by atoms with Gasteiger partial charge in [-0.2, -0.15) is 0 Å². The van der Waals surface area contributed by atoms with Crippen LogP contribution in [0.2, 0.25) is 0 Å². The zero-order chi connectivity index (χ0) is 17.6. The van der Waals surface area contributed by atoms with Gasteiger partial charge in [-0.1, -0.05) is 18.2 Å². The molecule has 0 saturated heterocycles. The zero-order valence-electron chi connectivity index (χ0n) is 13.6. The molecule has 2 heterocycles. The Morgan fingerprint density at radius 3 is 2.60 bits per heavy atom. The van der Waals surface area contributed by atoms with Crippen molar-refractivity contribution >= 4 is 29.2 Å². The van der Waals surface area contributed by atoms with Gasteiger partial charge in [0.15, 0.2) is 5.78 Å². The molecule has 0 aliphatic heterocycles. The molecular weight excluding hydrogens is 336 g/mol. The molecule has 25 heavy (non-hydrogen) atoms. The van der Waals surface area contributed by atoms with Gasteiger partial charge < -0.3 is 9.15 Å². The van der Waals surface area contributed by atoms with Crippen molar-refractivity contribution in [3.05, 3.63) is 76.2 Å². The highest BCUT2D eigenvalue weighted by atomic mass is 32.1. The lowest BCUT2D eigenvalue weighted by Gasteiger charge is -2.02. The smallest absolute Gasteiger partial charge is 0.338 e. The van der Waals surface area contributed by atoms with Crippen molar-refractivity contribution in [2.24, 2.45) is 0 Å². The van der Waals surface area contributed by atoms with Gasteiger partial charge in [0.25, 0.3) is 0 Å². The average molecular weight is 352 g/mol. The van der Waals surface area contributed by atoms with Crippen LogP contribution < -0.4 is 0 Å². The Kier molecular flexibility index (Phi) is 5.26. The molecule has 0 aliphatic carbocycles. The number of carbonyl (C=O) groups excluding carboxylic acids is 2. The van der Waals surface area contributed by atoms with Crippen molar-refractivity contribution in [3.8, 4) is 11.3 Å². The van der Waals surface area contributed by atoms with E-state index in [2.05, 4.69) is 0 Å². The highest BCUT2D eigenvalue weighted by Gasteiger charge is 2.08. The number of carbonyl (C=O) groups is 2. The molecule has 126 valence electrons. The van der Waals surface area contributed by atoms with Crippen LogP contribution in [0.5, 0.6) is 0 Å². The quantitative estimate of drug-likeness (QED) is 0.353.